The van der Waals surface area contributed by atoms with Crippen molar-refractivity contribution in [2.24, 2.45) is 4.99 Å². The molecule has 0 heterocycles. The van der Waals surface area contributed by atoms with E-state index in [1.807, 2.05) is 72.8 Å². The Kier molecular flexibility index (Phi) is 9.91. The molecular formula is C40H35N3O6S2. The topological polar surface area (TPSA) is 145 Å². The fourth-order valence-corrected chi connectivity index (χ4v) is 7.27. The molecule has 0 unspecified atom stereocenters. The molecule has 1 aliphatic carbocycles. The Bertz CT molecular complexity index is 2460. The molecule has 0 saturated heterocycles. The van der Waals surface area contributed by atoms with Gasteiger partial charge in [0, 0.05) is 22.7 Å². The second kappa shape index (κ2) is 14.3. The zero-order valence-electron chi connectivity index (χ0n) is 28.0. The van der Waals surface area contributed by atoms with Crippen molar-refractivity contribution in [1.82, 2.24) is 0 Å². The Labute approximate surface area is 297 Å². The van der Waals surface area contributed by atoms with E-state index in [1.165, 1.54) is 12.1 Å². The molecule has 4 N–H and O–H groups in total. The Morgan fingerprint density at radius 3 is 1.53 bits per heavy atom. The monoisotopic (exact) mass is 717 g/mol. The second-order valence-corrected chi connectivity index (χ2v) is 15.0. The van der Waals surface area contributed by atoms with Crippen LogP contribution in [0, 0.1) is 20.8 Å². The molecule has 9 nitrogen and oxygen atoms in total. The Morgan fingerprint density at radius 1 is 0.549 bits per heavy atom. The highest BCUT2D eigenvalue weighted by molar-refractivity contribution is 7.86. The van der Waals surface area contributed by atoms with E-state index in [4.69, 9.17) is 0 Å². The number of hydrogen-bond acceptors (Lipinski definition) is 7. The van der Waals surface area contributed by atoms with E-state index in [0.29, 0.717) is 28.2 Å². The lowest BCUT2D eigenvalue weighted by Gasteiger charge is -2.16. The van der Waals surface area contributed by atoms with Crippen molar-refractivity contribution >= 4 is 60.0 Å². The molecule has 0 aromatic heterocycles. The third-order valence-electron chi connectivity index (χ3n) is 8.25. The predicted octanol–water partition coefficient (Wildman–Crippen LogP) is 9.29. The van der Waals surface area contributed by atoms with Crippen LogP contribution in [0.15, 0.2) is 154 Å². The minimum Gasteiger partial charge on any atom is -0.356 e. The zero-order valence-corrected chi connectivity index (χ0v) is 29.6. The van der Waals surface area contributed by atoms with Crippen LogP contribution in [0.4, 0.5) is 28.4 Å². The van der Waals surface area contributed by atoms with Gasteiger partial charge in [0.1, 0.15) is 0 Å². The Balaban J connectivity index is 1.32. The van der Waals surface area contributed by atoms with Gasteiger partial charge in [0.2, 0.25) is 0 Å². The number of anilines is 4. The summed E-state index contributed by atoms with van der Waals surface area (Å²) in [5.41, 5.74) is 10.5. The number of nitrogens with zero attached hydrogens (tertiary/aromatic N) is 1. The maximum Gasteiger partial charge on any atom is 0.294 e. The van der Waals surface area contributed by atoms with Crippen LogP contribution in [0.3, 0.4) is 0 Å². The van der Waals surface area contributed by atoms with Crippen molar-refractivity contribution in [2.45, 2.75) is 30.6 Å². The van der Waals surface area contributed by atoms with E-state index in [0.717, 1.165) is 44.9 Å². The quantitative estimate of drug-likeness (QED) is 0.110. The van der Waals surface area contributed by atoms with Gasteiger partial charge in [0.15, 0.2) is 0 Å². The van der Waals surface area contributed by atoms with Crippen LogP contribution in [0.1, 0.15) is 27.8 Å². The summed E-state index contributed by atoms with van der Waals surface area (Å²) in [4.78, 5) is 4.37. The van der Waals surface area contributed by atoms with E-state index >= 15 is 0 Å². The maximum absolute atomic E-state index is 11.6. The number of hydrogen-bond donors (Lipinski definition) is 4. The van der Waals surface area contributed by atoms with Gasteiger partial charge in [-0.05, 0) is 145 Å². The fraction of sp³-hybridized carbons (Fsp3) is 0.0750. The average molecular weight is 718 g/mol. The molecule has 0 spiro atoms. The minimum absolute atomic E-state index is 0.133. The molecular weight excluding hydrogens is 683 g/mol. The third-order valence-corrected chi connectivity index (χ3v) is 10.3. The highest BCUT2D eigenvalue weighted by Crippen LogP contribution is 2.33. The molecule has 6 rings (SSSR count). The summed E-state index contributed by atoms with van der Waals surface area (Å²) in [7, 11) is -8.63. The van der Waals surface area contributed by atoms with Crippen molar-refractivity contribution in [2.75, 3.05) is 10.6 Å². The smallest absolute Gasteiger partial charge is 0.294 e. The van der Waals surface area contributed by atoms with Gasteiger partial charge in [0.05, 0.1) is 21.2 Å². The van der Waals surface area contributed by atoms with Crippen molar-refractivity contribution in [3.8, 4) is 0 Å². The van der Waals surface area contributed by atoms with E-state index in [2.05, 4.69) is 46.8 Å². The molecule has 0 amide bonds. The molecule has 258 valence electrons. The first-order valence-electron chi connectivity index (χ1n) is 15.9. The van der Waals surface area contributed by atoms with Crippen molar-refractivity contribution < 1.29 is 25.9 Å². The first-order chi connectivity index (χ1) is 24.2. The molecule has 11 heteroatoms. The van der Waals surface area contributed by atoms with Crippen LogP contribution in [-0.4, -0.2) is 31.7 Å². The van der Waals surface area contributed by atoms with Crippen molar-refractivity contribution in [3.63, 3.8) is 0 Å². The van der Waals surface area contributed by atoms with Gasteiger partial charge in [-0.2, -0.15) is 16.8 Å². The predicted molar refractivity (Wildman–Crippen MR) is 204 cm³/mol. The first kappa shape index (κ1) is 35.2. The van der Waals surface area contributed by atoms with Gasteiger partial charge in [0.25, 0.3) is 20.2 Å². The van der Waals surface area contributed by atoms with E-state index < -0.39 is 20.2 Å². The van der Waals surface area contributed by atoms with Gasteiger partial charge in [-0.3, -0.25) is 9.11 Å². The van der Waals surface area contributed by atoms with E-state index in [-0.39, 0.29) is 9.79 Å². The zero-order chi connectivity index (χ0) is 36.3. The summed E-state index contributed by atoms with van der Waals surface area (Å²) in [6, 6.07) is 33.4. The van der Waals surface area contributed by atoms with Crippen LogP contribution >= 0.6 is 0 Å². The van der Waals surface area contributed by atoms with Gasteiger partial charge in [-0.15, -0.1) is 0 Å². The molecule has 1 aliphatic rings. The standard InChI is InChI=1S/C40H35N3O6S2/c1-26-5-4-6-35(23-26)41-32-13-7-29(8-14-32)40(30-9-15-33(16-10-30)42-36-19-21-38(27(2)24-36)50(44,45)46)31-11-17-34(18-12-31)43-37-20-22-39(28(3)25-37)51(47,48)49/h4-25,41-42H,1-3H3,(H,44,45,46)(H,47,48,49). The number of rotatable bonds is 9. The number of aliphatic imine (C=N–C) groups is 1. The normalized spacial score (nSPS) is 12.9. The molecule has 0 atom stereocenters. The Morgan fingerprint density at radius 2 is 1.04 bits per heavy atom. The molecule has 5 aromatic rings. The van der Waals surface area contributed by atoms with Gasteiger partial charge >= 0.3 is 0 Å². The highest BCUT2D eigenvalue weighted by atomic mass is 32.2. The minimum atomic E-state index is -4.32. The third kappa shape index (κ3) is 8.59. The van der Waals surface area contributed by atoms with E-state index in [1.54, 1.807) is 38.1 Å². The summed E-state index contributed by atoms with van der Waals surface area (Å²) < 4.78 is 65.4. The van der Waals surface area contributed by atoms with Crippen LogP contribution in [-0.2, 0) is 20.2 Å². The van der Waals surface area contributed by atoms with Crippen LogP contribution < -0.4 is 10.6 Å². The highest BCUT2D eigenvalue weighted by Gasteiger charge is 2.16. The van der Waals surface area contributed by atoms with Gasteiger partial charge in [-0.1, -0.05) is 48.6 Å². The van der Waals surface area contributed by atoms with Crippen LogP contribution in [0.5, 0.6) is 0 Å². The van der Waals surface area contributed by atoms with E-state index in [9.17, 15) is 25.9 Å². The molecule has 5 aromatic carbocycles. The maximum atomic E-state index is 11.6. The first-order valence-corrected chi connectivity index (χ1v) is 18.8. The fourth-order valence-electron chi connectivity index (χ4n) is 5.86. The molecule has 51 heavy (non-hydrogen) atoms. The Hall–Kier alpha value is -5.59. The number of benzene rings is 5. The summed E-state index contributed by atoms with van der Waals surface area (Å²) in [6.45, 7) is 5.28. The van der Waals surface area contributed by atoms with Crippen molar-refractivity contribution in [1.29, 1.82) is 0 Å². The lowest BCUT2D eigenvalue weighted by molar-refractivity contribution is 0.480. The molecule has 0 aliphatic heterocycles. The molecule has 0 saturated carbocycles. The SMILES string of the molecule is Cc1cccc(Nc2ccc(C(=C3C=CC(=Nc4ccc(S(=O)(=O)O)c(C)c4)C=C3)c3ccc(Nc4ccc(S(=O)(=O)O)c(C)c4)cc3)cc2)c1. The summed E-state index contributed by atoms with van der Waals surface area (Å²) in [5, 5.41) is 6.75. The lowest BCUT2D eigenvalue weighted by atomic mass is 9.90. The van der Waals surface area contributed by atoms with Crippen molar-refractivity contribution in [3.05, 3.63) is 167 Å². The number of nitrogens with one attached hydrogen (secondary N) is 2. The molecule has 0 radical (unpaired) electrons. The van der Waals surface area contributed by atoms with Gasteiger partial charge in [-0.25, -0.2) is 4.99 Å². The molecule has 0 fully saturated rings. The average Bonchev–Trinajstić information content (AvgIpc) is 3.06. The number of aryl methyl sites for hydroxylation is 3. The summed E-state index contributed by atoms with van der Waals surface area (Å²) in [5.74, 6) is 0. The number of allylic oxidation sites excluding steroid dienone is 5. The summed E-state index contributed by atoms with van der Waals surface area (Å²) >= 11 is 0. The van der Waals surface area contributed by atoms with Gasteiger partial charge < -0.3 is 10.6 Å². The molecule has 0 bridgehead atoms. The van der Waals surface area contributed by atoms with Crippen LogP contribution in [0.2, 0.25) is 0 Å². The van der Waals surface area contributed by atoms with Crippen LogP contribution in [0.25, 0.3) is 5.57 Å². The summed E-state index contributed by atoms with van der Waals surface area (Å²) in [6.07, 6.45) is 7.75. The second-order valence-electron chi connectivity index (χ2n) is 12.2. The lowest BCUT2D eigenvalue weighted by Crippen LogP contribution is -2.01. The largest absolute Gasteiger partial charge is 0.356 e.